The maximum atomic E-state index is 11.9. The van der Waals surface area contributed by atoms with Crippen molar-refractivity contribution >= 4 is 44.8 Å². The molecule has 0 aromatic heterocycles. The van der Waals surface area contributed by atoms with E-state index in [-0.39, 0.29) is 23.5 Å². The van der Waals surface area contributed by atoms with E-state index in [1.54, 1.807) is 0 Å². The third kappa shape index (κ3) is 5.37. The maximum Gasteiger partial charge on any atom is 0.240 e. The zero-order valence-corrected chi connectivity index (χ0v) is 14.4. The average Bonchev–Trinajstić information content (AvgIpc) is 2.38. The molecule has 0 fully saturated rings. The number of carbonyl (C=O) groups is 1. The second-order valence-electron chi connectivity index (χ2n) is 4.74. The molecule has 0 saturated heterocycles. The lowest BCUT2D eigenvalue weighted by Gasteiger charge is -2.23. The Kier molecular flexibility index (Phi) is 6.31. The summed E-state index contributed by atoms with van der Waals surface area (Å²) < 4.78 is 24.8. The van der Waals surface area contributed by atoms with Gasteiger partial charge in [-0.2, -0.15) is 0 Å². The third-order valence-corrected chi connectivity index (χ3v) is 4.78. The minimum atomic E-state index is -3.61. The lowest BCUT2D eigenvalue weighted by atomic mass is 10.2. The van der Waals surface area contributed by atoms with Crippen molar-refractivity contribution in [1.82, 2.24) is 5.32 Å². The van der Waals surface area contributed by atoms with Crippen molar-refractivity contribution in [3.05, 3.63) is 28.2 Å². The number of hydrogen-bond donors (Lipinski definition) is 1. The highest BCUT2D eigenvalue weighted by molar-refractivity contribution is 7.92. The number of rotatable bonds is 6. The number of hydrogen-bond acceptors (Lipinski definition) is 3. The van der Waals surface area contributed by atoms with Crippen molar-refractivity contribution < 1.29 is 13.2 Å². The molecule has 5 nitrogen and oxygen atoms in total. The highest BCUT2D eigenvalue weighted by atomic mass is 35.5. The van der Waals surface area contributed by atoms with Crippen LogP contribution in [0.3, 0.4) is 0 Å². The van der Waals surface area contributed by atoms with Crippen LogP contribution in [-0.2, 0) is 14.8 Å². The normalized spacial score (nSPS) is 12.8. The molecule has 1 aromatic carbocycles. The Labute approximate surface area is 135 Å². The number of sulfonamides is 1. The fourth-order valence-electron chi connectivity index (χ4n) is 1.59. The van der Waals surface area contributed by atoms with E-state index in [0.717, 1.165) is 17.0 Å². The Morgan fingerprint density at radius 2 is 1.95 bits per heavy atom. The van der Waals surface area contributed by atoms with Crippen molar-refractivity contribution in [3.8, 4) is 0 Å². The summed E-state index contributed by atoms with van der Waals surface area (Å²) in [7, 11) is -3.61. The standard InChI is InChI=1S/C13H18Cl2N2O3S/c1-4-9(2)16-13(18)8-17(21(3,19)20)10-5-6-11(14)12(15)7-10/h5-7,9H,4,8H2,1-3H3,(H,16,18)/t9-/m0/s1. The summed E-state index contributed by atoms with van der Waals surface area (Å²) in [4.78, 5) is 11.9. The Bertz CT molecular complexity index is 620. The second kappa shape index (κ2) is 7.33. The van der Waals surface area contributed by atoms with E-state index in [4.69, 9.17) is 23.2 Å². The molecule has 0 unspecified atom stereocenters. The van der Waals surface area contributed by atoms with Crippen molar-refractivity contribution in [2.45, 2.75) is 26.3 Å². The van der Waals surface area contributed by atoms with Gasteiger partial charge in [0.25, 0.3) is 0 Å². The van der Waals surface area contributed by atoms with Crippen LogP contribution in [0.25, 0.3) is 0 Å². The van der Waals surface area contributed by atoms with E-state index < -0.39 is 10.0 Å². The van der Waals surface area contributed by atoms with Crippen LogP contribution in [0, 0.1) is 0 Å². The molecule has 0 saturated carbocycles. The Hall–Kier alpha value is -0.980. The topological polar surface area (TPSA) is 66.5 Å². The minimum Gasteiger partial charge on any atom is -0.352 e. The van der Waals surface area contributed by atoms with Gasteiger partial charge in [0.15, 0.2) is 0 Å². The van der Waals surface area contributed by atoms with Crippen molar-refractivity contribution in [2.75, 3.05) is 17.1 Å². The first kappa shape index (κ1) is 18.1. The van der Waals surface area contributed by atoms with Crippen LogP contribution in [0.4, 0.5) is 5.69 Å². The van der Waals surface area contributed by atoms with Gasteiger partial charge in [0.05, 0.1) is 22.0 Å². The molecular weight excluding hydrogens is 335 g/mol. The van der Waals surface area contributed by atoms with Crippen LogP contribution in [0.2, 0.25) is 10.0 Å². The molecule has 1 atom stereocenters. The Balaban J connectivity index is 3.02. The van der Waals surface area contributed by atoms with Gasteiger partial charge in [0.1, 0.15) is 6.54 Å². The molecule has 118 valence electrons. The zero-order valence-electron chi connectivity index (χ0n) is 12.1. The molecule has 1 rings (SSSR count). The number of carbonyl (C=O) groups excluding carboxylic acids is 1. The summed E-state index contributed by atoms with van der Waals surface area (Å²) in [5.41, 5.74) is 0.297. The monoisotopic (exact) mass is 352 g/mol. The van der Waals surface area contributed by atoms with Crippen LogP contribution in [-0.4, -0.2) is 33.2 Å². The van der Waals surface area contributed by atoms with E-state index in [1.807, 2.05) is 13.8 Å². The Morgan fingerprint density at radius 3 is 2.43 bits per heavy atom. The molecule has 0 heterocycles. The SMILES string of the molecule is CC[C@H](C)NC(=O)CN(c1ccc(Cl)c(Cl)c1)S(C)(=O)=O. The van der Waals surface area contributed by atoms with E-state index in [1.165, 1.54) is 18.2 Å². The summed E-state index contributed by atoms with van der Waals surface area (Å²) >= 11 is 11.7. The molecule has 0 aliphatic rings. The van der Waals surface area contributed by atoms with Crippen molar-refractivity contribution in [1.29, 1.82) is 0 Å². The van der Waals surface area contributed by atoms with E-state index in [2.05, 4.69) is 5.32 Å². The van der Waals surface area contributed by atoms with Crippen molar-refractivity contribution in [2.24, 2.45) is 0 Å². The van der Waals surface area contributed by atoms with Gasteiger partial charge in [0.2, 0.25) is 15.9 Å². The predicted octanol–water partition coefficient (Wildman–Crippen LogP) is 2.67. The molecule has 0 radical (unpaired) electrons. The molecular formula is C13H18Cl2N2O3S. The summed E-state index contributed by atoms with van der Waals surface area (Å²) in [6.45, 7) is 3.47. The largest absolute Gasteiger partial charge is 0.352 e. The summed E-state index contributed by atoms with van der Waals surface area (Å²) in [5.74, 6) is -0.374. The van der Waals surface area contributed by atoms with Gasteiger partial charge in [-0.1, -0.05) is 30.1 Å². The first-order valence-electron chi connectivity index (χ1n) is 6.37. The smallest absolute Gasteiger partial charge is 0.240 e. The highest BCUT2D eigenvalue weighted by Gasteiger charge is 2.22. The van der Waals surface area contributed by atoms with Gasteiger partial charge in [-0.05, 0) is 31.5 Å². The van der Waals surface area contributed by atoms with E-state index in [0.29, 0.717) is 10.7 Å². The van der Waals surface area contributed by atoms with Gasteiger partial charge in [-0.15, -0.1) is 0 Å². The van der Waals surface area contributed by atoms with Gasteiger partial charge >= 0.3 is 0 Å². The average molecular weight is 353 g/mol. The fourth-order valence-corrected chi connectivity index (χ4v) is 2.73. The molecule has 8 heteroatoms. The molecule has 0 aliphatic carbocycles. The number of nitrogens with zero attached hydrogens (tertiary/aromatic N) is 1. The quantitative estimate of drug-likeness (QED) is 0.855. The summed E-state index contributed by atoms with van der Waals surface area (Å²) in [5, 5.41) is 3.27. The van der Waals surface area contributed by atoms with Crippen LogP contribution in [0.1, 0.15) is 20.3 Å². The molecule has 0 aliphatic heterocycles. The first-order chi connectivity index (χ1) is 9.65. The zero-order chi connectivity index (χ0) is 16.2. The third-order valence-electron chi connectivity index (χ3n) is 2.90. The number of amides is 1. The molecule has 1 aromatic rings. The second-order valence-corrected chi connectivity index (χ2v) is 7.47. The van der Waals surface area contributed by atoms with Gasteiger partial charge < -0.3 is 5.32 Å². The molecule has 1 amide bonds. The van der Waals surface area contributed by atoms with Crippen LogP contribution in [0.5, 0.6) is 0 Å². The van der Waals surface area contributed by atoms with Gasteiger partial charge in [-0.3, -0.25) is 9.10 Å². The number of halogens is 2. The molecule has 21 heavy (non-hydrogen) atoms. The van der Waals surface area contributed by atoms with E-state index >= 15 is 0 Å². The van der Waals surface area contributed by atoms with Crippen LogP contribution in [0.15, 0.2) is 18.2 Å². The number of nitrogens with one attached hydrogen (secondary N) is 1. The van der Waals surface area contributed by atoms with Crippen molar-refractivity contribution in [3.63, 3.8) is 0 Å². The van der Waals surface area contributed by atoms with Gasteiger partial charge in [-0.25, -0.2) is 8.42 Å². The Morgan fingerprint density at radius 1 is 1.33 bits per heavy atom. The number of benzene rings is 1. The highest BCUT2D eigenvalue weighted by Crippen LogP contribution is 2.28. The molecule has 0 spiro atoms. The van der Waals surface area contributed by atoms with E-state index in [9.17, 15) is 13.2 Å². The summed E-state index contributed by atoms with van der Waals surface area (Å²) in [6.07, 6.45) is 1.80. The minimum absolute atomic E-state index is 0.0206. The number of anilines is 1. The van der Waals surface area contributed by atoms with Crippen LogP contribution >= 0.6 is 23.2 Å². The molecule has 1 N–H and O–H groups in total. The fraction of sp³-hybridized carbons (Fsp3) is 0.462. The lowest BCUT2D eigenvalue weighted by molar-refractivity contribution is -0.120. The lowest BCUT2D eigenvalue weighted by Crippen LogP contribution is -2.43. The molecule has 0 bridgehead atoms. The first-order valence-corrected chi connectivity index (χ1v) is 8.97. The van der Waals surface area contributed by atoms with Crippen LogP contribution < -0.4 is 9.62 Å². The summed E-state index contributed by atoms with van der Waals surface area (Å²) in [6, 6.07) is 4.39. The predicted molar refractivity (Wildman–Crippen MR) is 86.5 cm³/mol. The maximum absolute atomic E-state index is 11.9. The van der Waals surface area contributed by atoms with Gasteiger partial charge in [0, 0.05) is 6.04 Å².